The average molecular weight is 400 g/mol. The zero-order valence-electron chi connectivity index (χ0n) is 16.3. The number of amides is 1. The highest BCUT2D eigenvalue weighted by molar-refractivity contribution is 5.77. The lowest BCUT2D eigenvalue weighted by Gasteiger charge is -2.31. The van der Waals surface area contributed by atoms with Crippen LogP contribution < -0.4 is 4.74 Å². The van der Waals surface area contributed by atoms with Crippen LogP contribution in [0.4, 0.5) is 13.2 Å². The van der Waals surface area contributed by atoms with Crippen LogP contribution in [0.2, 0.25) is 0 Å². The highest BCUT2D eigenvalue weighted by Gasteiger charge is 2.58. The van der Waals surface area contributed by atoms with Gasteiger partial charge in [-0.05, 0) is 13.8 Å². The molecule has 0 aliphatic rings. The summed E-state index contributed by atoms with van der Waals surface area (Å²) < 4.78 is 47.1. The van der Waals surface area contributed by atoms with Gasteiger partial charge in [-0.25, -0.2) is 4.98 Å². The van der Waals surface area contributed by atoms with Gasteiger partial charge in [-0.2, -0.15) is 13.2 Å². The van der Waals surface area contributed by atoms with E-state index in [-0.39, 0.29) is 6.54 Å². The number of pyridine rings is 1. The van der Waals surface area contributed by atoms with Crippen molar-refractivity contribution in [3.63, 3.8) is 0 Å². The molecule has 0 aliphatic carbocycles. The first kappa shape index (κ1) is 21.7. The zero-order chi connectivity index (χ0) is 21.3. The number of aromatic nitrogens is 3. The minimum atomic E-state index is -5.08. The molecule has 0 aliphatic heterocycles. The number of alkyl halides is 3. The molecule has 2 aromatic heterocycles. The number of carbonyl (C=O) groups excluding carboxylic acids is 1. The molecule has 0 saturated carbocycles. The summed E-state index contributed by atoms with van der Waals surface area (Å²) >= 11 is 0. The van der Waals surface area contributed by atoms with Gasteiger partial charge in [0, 0.05) is 43.8 Å². The first-order chi connectivity index (χ1) is 12.9. The molecule has 0 spiro atoms. The molecular weight excluding hydrogens is 377 g/mol. The largest absolute Gasteiger partial charge is 0.496 e. The lowest BCUT2D eigenvalue weighted by molar-refractivity contribution is -0.271. The minimum Gasteiger partial charge on any atom is -0.496 e. The molecule has 2 rings (SSSR count). The highest BCUT2D eigenvalue weighted by Crippen LogP contribution is 2.41. The third-order valence-electron chi connectivity index (χ3n) is 4.63. The Morgan fingerprint density at radius 1 is 1.32 bits per heavy atom. The summed E-state index contributed by atoms with van der Waals surface area (Å²) in [5.74, 6) is -0.942. The first-order valence-electron chi connectivity index (χ1n) is 8.42. The van der Waals surface area contributed by atoms with Crippen LogP contribution in [0.3, 0.4) is 0 Å². The Bertz CT molecular complexity index is 866. The van der Waals surface area contributed by atoms with Crippen molar-refractivity contribution in [1.29, 1.82) is 0 Å². The van der Waals surface area contributed by atoms with E-state index >= 15 is 0 Å². The van der Waals surface area contributed by atoms with E-state index in [9.17, 15) is 23.1 Å². The molecule has 10 heteroatoms. The number of rotatable bonds is 6. The van der Waals surface area contributed by atoms with Crippen molar-refractivity contribution in [3.8, 4) is 5.75 Å². The van der Waals surface area contributed by atoms with Crippen LogP contribution in [0.1, 0.15) is 29.1 Å². The van der Waals surface area contributed by atoms with E-state index in [0.29, 0.717) is 17.0 Å². The van der Waals surface area contributed by atoms with Gasteiger partial charge in [-0.15, -0.1) is 0 Å². The molecule has 0 saturated heterocycles. The van der Waals surface area contributed by atoms with Gasteiger partial charge in [0.05, 0.1) is 25.8 Å². The molecule has 0 aromatic carbocycles. The van der Waals surface area contributed by atoms with E-state index in [0.717, 1.165) is 21.2 Å². The maximum Gasteiger partial charge on any atom is 0.425 e. The monoisotopic (exact) mass is 400 g/mol. The molecule has 1 N–H and O–H groups in total. The van der Waals surface area contributed by atoms with Gasteiger partial charge in [0.15, 0.2) is 5.82 Å². The van der Waals surface area contributed by atoms with E-state index in [1.54, 1.807) is 13.1 Å². The summed E-state index contributed by atoms with van der Waals surface area (Å²) in [6, 6.07) is 0. The number of carbonyl (C=O) groups is 1. The second kappa shape index (κ2) is 7.78. The van der Waals surface area contributed by atoms with Gasteiger partial charge >= 0.3 is 6.18 Å². The van der Waals surface area contributed by atoms with Gasteiger partial charge < -0.3 is 19.3 Å². The normalized spacial score (nSPS) is 13.9. The van der Waals surface area contributed by atoms with Gasteiger partial charge in [0.1, 0.15) is 5.75 Å². The lowest BCUT2D eigenvalue weighted by atomic mass is 9.96. The fourth-order valence-corrected chi connectivity index (χ4v) is 2.97. The summed E-state index contributed by atoms with van der Waals surface area (Å²) in [5, 5.41) is 10.4. The molecule has 1 unspecified atom stereocenters. The molecule has 154 valence electrons. The molecule has 2 heterocycles. The average Bonchev–Trinajstić information content (AvgIpc) is 3.03. The second-order valence-corrected chi connectivity index (χ2v) is 6.69. The van der Waals surface area contributed by atoms with Crippen LogP contribution in [-0.2, 0) is 24.0 Å². The maximum atomic E-state index is 13.6. The lowest BCUT2D eigenvalue weighted by Crippen LogP contribution is -2.48. The van der Waals surface area contributed by atoms with E-state index < -0.39 is 29.9 Å². The number of nitrogens with zero attached hydrogens (tertiary/aromatic N) is 4. The van der Waals surface area contributed by atoms with Crippen molar-refractivity contribution >= 4 is 5.91 Å². The van der Waals surface area contributed by atoms with Crippen LogP contribution in [0.25, 0.3) is 0 Å². The summed E-state index contributed by atoms with van der Waals surface area (Å²) in [6.07, 6.45) is -2.30. The Morgan fingerprint density at radius 3 is 2.46 bits per heavy atom. The first-order valence-corrected chi connectivity index (χ1v) is 8.42. The summed E-state index contributed by atoms with van der Waals surface area (Å²) in [5.41, 5.74) is -1.41. The van der Waals surface area contributed by atoms with E-state index in [4.69, 9.17) is 4.74 Å². The van der Waals surface area contributed by atoms with Crippen LogP contribution >= 0.6 is 0 Å². The third kappa shape index (κ3) is 3.96. The molecule has 0 fully saturated rings. The number of imidazole rings is 1. The fraction of sp³-hybridized carbons (Fsp3) is 0.500. The van der Waals surface area contributed by atoms with Crippen molar-refractivity contribution in [2.45, 2.75) is 38.6 Å². The topological polar surface area (TPSA) is 80.5 Å². The Morgan fingerprint density at radius 2 is 1.96 bits per heavy atom. The molecule has 0 bridgehead atoms. The van der Waals surface area contributed by atoms with Gasteiger partial charge in [-0.3, -0.25) is 9.78 Å². The number of ether oxygens (including phenoxy) is 1. The standard InChI is InChI=1S/C18H23F3N4O3/c1-11-9-23-13(12(2)15(11)28-5)10-25(4)14(26)8-17(27,18(19,20)21)16-22-6-7-24(16)3/h6-7,9,27H,8,10H2,1-5H3. The number of hydrogen-bond acceptors (Lipinski definition) is 5. The van der Waals surface area contributed by atoms with Gasteiger partial charge in [0.2, 0.25) is 11.5 Å². The van der Waals surface area contributed by atoms with Crippen molar-refractivity contribution in [1.82, 2.24) is 19.4 Å². The summed E-state index contributed by atoms with van der Waals surface area (Å²) in [6.45, 7) is 3.54. The maximum absolute atomic E-state index is 13.6. The SMILES string of the molecule is COc1c(C)cnc(CN(C)C(=O)CC(O)(c2nccn2C)C(F)(F)F)c1C. The molecule has 1 amide bonds. The van der Waals surface area contributed by atoms with Crippen molar-refractivity contribution < 1.29 is 27.8 Å². The Labute approximate surface area is 160 Å². The molecule has 0 radical (unpaired) electrons. The molecule has 1 atom stereocenters. The Hall–Kier alpha value is -2.62. The van der Waals surface area contributed by atoms with Crippen molar-refractivity contribution in [2.24, 2.45) is 7.05 Å². The summed E-state index contributed by atoms with van der Waals surface area (Å²) in [7, 11) is 4.17. The minimum absolute atomic E-state index is 0.0319. The zero-order valence-corrected chi connectivity index (χ0v) is 16.3. The van der Waals surface area contributed by atoms with E-state index in [1.165, 1.54) is 27.4 Å². The molecule has 2 aromatic rings. The number of halogens is 3. The van der Waals surface area contributed by atoms with Crippen molar-refractivity contribution in [2.75, 3.05) is 14.2 Å². The smallest absolute Gasteiger partial charge is 0.425 e. The van der Waals surface area contributed by atoms with E-state index in [1.807, 2.05) is 6.92 Å². The number of aryl methyl sites for hydroxylation is 2. The van der Waals surface area contributed by atoms with Crippen molar-refractivity contribution in [3.05, 3.63) is 41.2 Å². The predicted molar refractivity (Wildman–Crippen MR) is 94.5 cm³/mol. The van der Waals surface area contributed by atoms with E-state index in [2.05, 4.69) is 9.97 Å². The highest BCUT2D eigenvalue weighted by atomic mass is 19.4. The number of hydrogen-bond donors (Lipinski definition) is 1. The number of methoxy groups -OCH3 is 1. The second-order valence-electron chi connectivity index (χ2n) is 6.69. The molecular formula is C18H23F3N4O3. The Kier molecular flexibility index (Phi) is 6.03. The summed E-state index contributed by atoms with van der Waals surface area (Å²) in [4.78, 5) is 21.4. The van der Waals surface area contributed by atoms with Crippen LogP contribution in [0.15, 0.2) is 18.6 Å². The van der Waals surface area contributed by atoms with Crippen LogP contribution in [0, 0.1) is 13.8 Å². The quantitative estimate of drug-likeness (QED) is 0.805. The van der Waals surface area contributed by atoms with Gasteiger partial charge in [-0.1, -0.05) is 0 Å². The molecule has 7 nitrogen and oxygen atoms in total. The Balaban J connectivity index is 2.27. The predicted octanol–water partition coefficient (Wildman–Crippen LogP) is 2.24. The molecule has 28 heavy (non-hydrogen) atoms. The van der Waals surface area contributed by atoms with Gasteiger partial charge in [0.25, 0.3) is 0 Å². The van der Waals surface area contributed by atoms with Crippen LogP contribution in [0.5, 0.6) is 5.75 Å². The fourth-order valence-electron chi connectivity index (χ4n) is 2.97. The van der Waals surface area contributed by atoms with Crippen LogP contribution in [-0.4, -0.2) is 50.8 Å². The number of aliphatic hydroxyl groups is 1. The third-order valence-corrected chi connectivity index (χ3v) is 4.63.